The van der Waals surface area contributed by atoms with E-state index in [1.165, 1.54) is 5.56 Å². The number of rotatable bonds is 5. The molecule has 1 aliphatic rings. The highest BCUT2D eigenvalue weighted by Crippen LogP contribution is 2.26. The Hall–Kier alpha value is -1.85. The van der Waals surface area contributed by atoms with Gasteiger partial charge >= 0.3 is 0 Å². The van der Waals surface area contributed by atoms with Crippen molar-refractivity contribution in [3.8, 4) is 0 Å². The number of unbranched alkanes of at least 4 members (excludes halogenated alkanes) is 1. The molecule has 122 valence electrons. The van der Waals surface area contributed by atoms with E-state index in [4.69, 9.17) is 5.73 Å². The van der Waals surface area contributed by atoms with Gasteiger partial charge in [-0.05, 0) is 32.6 Å². The summed E-state index contributed by atoms with van der Waals surface area (Å²) in [5.41, 5.74) is 8.05. The Kier molecular flexibility index (Phi) is 5.57. The molecule has 0 atom stereocenters. The minimum atomic E-state index is 0.0456. The number of amides is 1. The summed E-state index contributed by atoms with van der Waals surface area (Å²) in [6.07, 6.45) is 5.15. The zero-order valence-electron chi connectivity index (χ0n) is 13.9. The van der Waals surface area contributed by atoms with Crippen LogP contribution in [-0.4, -0.2) is 35.0 Å². The monoisotopic (exact) mass is 305 g/mol. The molecule has 0 unspecified atom stereocenters. The number of nitrogens with two attached hydrogens (primary N) is 1. The van der Waals surface area contributed by atoms with E-state index in [0.29, 0.717) is 5.95 Å². The standard InChI is InChI=1S/C16H27N5O/c1-4-5-6-14-11(2)18-16(17)20-15(14)21-9-7-13(8-10-21)19-12(3)22/h13H,4-10H2,1-3H3,(H,19,22)(H2,17,18,20). The fourth-order valence-electron chi connectivity index (χ4n) is 3.03. The maximum atomic E-state index is 11.2. The van der Waals surface area contributed by atoms with Gasteiger partial charge in [0.1, 0.15) is 5.82 Å². The Balaban J connectivity index is 2.13. The third-order valence-corrected chi connectivity index (χ3v) is 4.19. The van der Waals surface area contributed by atoms with Crippen LogP contribution in [0, 0.1) is 6.92 Å². The maximum absolute atomic E-state index is 11.2. The number of aryl methyl sites for hydroxylation is 1. The van der Waals surface area contributed by atoms with E-state index in [9.17, 15) is 4.79 Å². The van der Waals surface area contributed by atoms with Crippen LogP contribution < -0.4 is 16.0 Å². The SMILES string of the molecule is CCCCc1c(C)nc(N)nc1N1CCC(NC(C)=O)CC1. The molecule has 2 rings (SSSR count). The van der Waals surface area contributed by atoms with Crippen molar-refractivity contribution >= 4 is 17.7 Å². The van der Waals surface area contributed by atoms with Gasteiger partial charge in [0, 0.05) is 37.3 Å². The molecule has 0 saturated carbocycles. The first kappa shape index (κ1) is 16.5. The van der Waals surface area contributed by atoms with Gasteiger partial charge in [0.25, 0.3) is 0 Å². The smallest absolute Gasteiger partial charge is 0.222 e. The van der Waals surface area contributed by atoms with Gasteiger partial charge < -0.3 is 16.0 Å². The summed E-state index contributed by atoms with van der Waals surface area (Å²) in [7, 11) is 0. The number of nitrogens with one attached hydrogen (secondary N) is 1. The zero-order chi connectivity index (χ0) is 16.1. The molecule has 2 heterocycles. The van der Waals surface area contributed by atoms with E-state index in [-0.39, 0.29) is 11.9 Å². The number of anilines is 2. The second-order valence-electron chi connectivity index (χ2n) is 6.03. The van der Waals surface area contributed by atoms with Gasteiger partial charge in [0.15, 0.2) is 0 Å². The largest absolute Gasteiger partial charge is 0.368 e. The number of carbonyl (C=O) groups is 1. The van der Waals surface area contributed by atoms with Crippen LogP contribution in [0.3, 0.4) is 0 Å². The molecule has 22 heavy (non-hydrogen) atoms. The molecule has 0 aliphatic carbocycles. The number of hydrogen-bond acceptors (Lipinski definition) is 5. The van der Waals surface area contributed by atoms with Crippen LogP contribution in [0.25, 0.3) is 0 Å². The summed E-state index contributed by atoms with van der Waals surface area (Å²) in [5.74, 6) is 1.38. The molecule has 6 heteroatoms. The lowest BCUT2D eigenvalue weighted by Gasteiger charge is -2.34. The number of nitrogen functional groups attached to an aromatic ring is 1. The van der Waals surface area contributed by atoms with Crippen molar-refractivity contribution in [2.24, 2.45) is 0 Å². The maximum Gasteiger partial charge on any atom is 0.222 e. The van der Waals surface area contributed by atoms with E-state index in [1.54, 1.807) is 6.92 Å². The fourth-order valence-corrected chi connectivity index (χ4v) is 3.03. The van der Waals surface area contributed by atoms with Crippen LogP contribution in [0.5, 0.6) is 0 Å². The Bertz CT molecular complexity index is 524. The first-order chi connectivity index (χ1) is 10.5. The highest BCUT2D eigenvalue weighted by atomic mass is 16.1. The van der Waals surface area contributed by atoms with Crippen molar-refractivity contribution < 1.29 is 4.79 Å². The molecule has 6 nitrogen and oxygen atoms in total. The highest BCUT2D eigenvalue weighted by Gasteiger charge is 2.23. The van der Waals surface area contributed by atoms with Gasteiger partial charge in [0.05, 0.1) is 0 Å². The van der Waals surface area contributed by atoms with E-state index in [1.807, 2.05) is 6.92 Å². The van der Waals surface area contributed by atoms with E-state index >= 15 is 0 Å². The van der Waals surface area contributed by atoms with Gasteiger partial charge in [-0.2, -0.15) is 4.98 Å². The van der Waals surface area contributed by atoms with Crippen LogP contribution in [-0.2, 0) is 11.2 Å². The van der Waals surface area contributed by atoms with Gasteiger partial charge in [-0.1, -0.05) is 13.3 Å². The van der Waals surface area contributed by atoms with E-state index in [2.05, 4.69) is 27.1 Å². The molecule has 0 spiro atoms. The summed E-state index contributed by atoms with van der Waals surface area (Å²) in [5, 5.41) is 3.00. The predicted molar refractivity (Wildman–Crippen MR) is 88.8 cm³/mol. The molecular weight excluding hydrogens is 278 g/mol. The Morgan fingerprint density at radius 1 is 1.36 bits per heavy atom. The molecular formula is C16H27N5O. The normalized spacial score (nSPS) is 15.9. The quantitative estimate of drug-likeness (QED) is 0.867. The molecule has 1 fully saturated rings. The van der Waals surface area contributed by atoms with Gasteiger partial charge in [-0.15, -0.1) is 0 Å². The Labute approximate surface area is 132 Å². The number of carbonyl (C=O) groups excluding carboxylic acids is 1. The molecule has 1 aliphatic heterocycles. The van der Waals surface area contributed by atoms with Crippen molar-refractivity contribution in [3.05, 3.63) is 11.3 Å². The summed E-state index contributed by atoms with van der Waals surface area (Å²) in [6.45, 7) is 7.55. The third kappa shape index (κ3) is 4.08. The summed E-state index contributed by atoms with van der Waals surface area (Å²) in [6, 6.07) is 0.271. The van der Waals surface area contributed by atoms with Crippen molar-refractivity contribution in [2.75, 3.05) is 23.7 Å². The summed E-state index contributed by atoms with van der Waals surface area (Å²) in [4.78, 5) is 22.3. The minimum absolute atomic E-state index is 0.0456. The second-order valence-corrected chi connectivity index (χ2v) is 6.03. The average molecular weight is 305 g/mol. The first-order valence-electron chi connectivity index (χ1n) is 8.16. The van der Waals surface area contributed by atoms with Crippen molar-refractivity contribution in [3.63, 3.8) is 0 Å². The molecule has 1 aromatic rings. The van der Waals surface area contributed by atoms with E-state index in [0.717, 1.165) is 56.7 Å². The number of nitrogens with zero attached hydrogens (tertiary/aromatic N) is 3. The van der Waals surface area contributed by atoms with Crippen molar-refractivity contribution in [1.29, 1.82) is 0 Å². The topological polar surface area (TPSA) is 84.1 Å². The van der Waals surface area contributed by atoms with Gasteiger partial charge in [-0.3, -0.25) is 4.79 Å². The second kappa shape index (κ2) is 7.42. The van der Waals surface area contributed by atoms with Crippen LogP contribution in [0.1, 0.15) is 50.8 Å². The Morgan fingerprint density at radius 3 is 2.64 bits per heavy atom. The summed E-state index contributed by atoms with van der Waals surface area (Å²) >= 11 is 0. The van der Waals surface area contributed by atoms with E-state index < -0.39 is 0 Å². The molecule has 1 amide bonds. The molecule has 0 aromatic carbocycles. The molecule has 1 aromatic heterocycles. The van der Waals surface area contributed by atoms with Crippen LogP contribution in [0.4, 0.5) is 11.8 Å². The summed E-state index contributed by atoms with van der Waals surface area (Å²) < 4.78 is 0. The predicted octanol–water partition coefficient (Wildman–Crippen LogP) is 1.81. The minimum Gasteiger partial charge on any atom is -0.368 e. The molecule has 0 bridgehead atoms. The lowest BCUT2D eigenvalue weighted by atomic mass is 10.0. The fraction of sp³-hybridized carbons (Fsp3) is 0.688. The van der Waals surface area contributed by atoms with Crippen molar-refractivity contribution in [2.45, 2.75) is 58.9 Å². The third-order valence-electron chi connectivity index (χ3n) is 4.19. The lowest BCUT2D eigenvalue weighted by molar-refractivity contribution is -0.119. The van der Waals surface area contributed by atoms with Crippen LogP contribution in [0.2, 0.25) is 0 Å². The first-order valence-corrected chi connectivity index (χ1v) is 8.16. The molecule has 0 radical (unpaired) electrons. The van der Waals surface area contributed by atoms with Gasteiger partial charge in [0.2, 0.25) is 11.9 Å². The van der Waals surface area contributed by atoms with Crippen LogP contribution in [0.15, 0.2) is 0 Å². The van der Waals surface area contributed by atoms with Crippen LogP contribution >= 0.6 is 0 Å². The number of piperidine rings is 1. The molecule has 3 N–H and O–H groups in total. The van der Waals surface area contributed by atoms with Gasteiger partial charge in [-0.25, -0.2) is 4.98 Å². The molecule has 1 saturated heterocycles. The number of aromatic nitrogens is 2. The lowest BCUT2D eigenvalue weighted by Crippen LogP contribution is -2.44. The Morgan fingerprint density at radius 2 is 2.05 bits per heavy atom. The number of hydrogen-bond donors (Lipinski definition) is 2. The zero-order valence-corrected chi connectivity index (χ0v) is 13.9. The van der Waals surface area contributed by atoms with Crippen molar-refractivity contribution in [1.82, 2.24) is 15.3 Å². The average Bonchev–Trinajstić information content (AvgIpc) is 2.46. The highest BCUT2D eigenvalue weighted by molar-refractivity contribution is 5.73.